The average molecular weight is 991 g/mol. The second-order valence-electron chi connectivity index (χ2n) is 21.6. The Kier molecular flexibility index (Phi) is 51.4. The maximum absolute atomic E-state index is 12.9. The zero-order valence-electron chi connectivity index (χ0n) is 46.9. The van der Waals surface area contributed by atoms with E-state index in [9.17, 15) is 19.5 Å². The Morgan fingerprint density at radius 2 is 0.729 bits per heavy atom. The first kappa shape index (κ1) is 67.8. The third-order valence-electron chi connectivity index (χ3n) is 13.4. The zero-order chi connectivity index (χ0) is 51.3. The van der Waals surface area contributed by atoms with Crippen molar-refractivity contribution in [2.75, 3.05) is 47.5 Å². The number of allylic oxidation sites excluding steroid dienone is 4. The first-order valence-electron chi connectivity index (χ1n) is 30.0. The molecule has 2 unspecified atom stereocenters. The van der Waals surface area contributed by atoms with Crippen LogP contribution in [0.2, 0.25) is 0 Å². The number of quaternary nitrogens is 1. The number of unbranched alkanes of at least 4 members (excludes halogenated alkanes) is 37. The van der Waals surface area contributed by atoms with Crippen molar-refractivity contribution in [2.45, 2.75) is 302 Å². The van der Waals surface area contributed by atoms with E-state index in [0.717, 1.165) is 57.8 Å². The van der Waals surface area contributed by atoms with Gasteiger partial charge in [0.05, 0.1) is 40.3 Å². The fourth-order valence-electron chi connectivity index (χ4n) is 8.76. The van der Waals surface area contributed by atoms with Crippen molar-refractivity contribution in [3.63, 3.8) is 0 Å². The Hall–Kier alpha value is -2.23. The summed E-state index contributed by atoms with van der Waals surface area (Å²) >= 11 is 0. The average Bonchev–Trinajstić information content (AvgIpc) is 3.33. The van der Waals surface area contributed by atoms with Gasteiger partial charge in [0.15, 0.2) is 12.4 Å². The van der Waals surface area contributed by atoms with Crippen LogP contribution >= 0.6 is 0 Å². The van der Waals surface area contributed by atoms with Crippen LogP contribution in [0.1, 0.15) is 290 Å². The molecule has 0 aromatic rings. The van der Waals surface area contributed by atoms with Gasteiger partial charge in [0.2, 0.25) is 0 Å². The largest absolute Gasteiger partial charge is 0.545 e. The van der Waals surface area contributed by atoms with Gasteiger partial charge in [-0.25, -0.2) is 0 Å². The first-order chi connectivity index (χ1) is 34.1. The van der Waals surface area contributed by atoms with E-state index in [1.807, 2.05) is 21.1 Å². The molecule has 0 aliphatic carbocycles. The summed E-state index contributed by atoms with van der Waals surface area (Å²) in [5.41, 5.74) is 0. The minimum Gasteiger partial charge on any atom is -0.545 e. The van der Waals surface area contributed by atoms with Gasteiger partial charge in [0.1, 0.15) is 13.2 Å². The number of carbonyl (C=O) groups is 3. The smallest absolute Gasteiger partial charge is 0.306 e. The molecule has 0 spiro atoms. The first-order valence-corrected chi connectivity index (χ1v) is 30.0. The van der Waals surface area contributed by atoms with E-state index in [2.05, 4.69) is 38.2 Å². The number of rotatable bonds is 56. The van der Waals surface area contributed by atoms with Gasteiger partial charge in [-0.05, 0) is 64.2 Å². The van der Waals surface area contributed by atoms with E-state index >= 15 is 0 Å². The molecule has 0 saturated carbocycles. The number of ether oxygens (including phenoxy) is 4. The third kappa shape index (κ3) is 53.6. The number of hydrogen-bond donors (Lipinski definition) is 0. The highest BCUT2D eigenvalue weighted by Crippen LogP contribution is 2.17. The van der Waals surface area contributed by atoms with Crippen LogP contribution in [0.25, 0.3) is 0 Å². The molecule has 0 aromatic carbocycles. The number of carbonyl (C=O) groups excluding carboxylic acids is 3. The lowest BCUT2D eigenvalue weighted by atomic mass is 10.0. The van der Waals surface area contributed by atoms with Crippen molar-refractivity contribution >= 4 is 17.9 Å². The summed E-state index contributed by atoms with van der Waals surface area (Å²) in [5, 5.41) is 11.8. The molecule has 0 rings (SSSR count). The Balaban J connectivity index is 4.08. The van der Waals surface area contributed by atoms with Gasteiger partial charge in [0, 0.05) is 12.8 Å². The lowest BCUT2D eigenvalue weighted by Gasteiger charge is -2.26. The van der Waals surface area contributed by atoms with Gasteiger partial charge in [-0.15, -0.1) is 0 Å². The Labute approximate surface area is 433 Å². The molecule has 70 heavy (non-hydrogen) atoms. The molecule has 0 amide bonds. The molecule has 0 saturated heterocycles. The summed E-state index contributed by atoms with van der Waals surface area (Å²) in [4.78, 5) is 37.2. The van der Waals surface area contributed by atoms with Crippen LogP contribution < -0.4 is 5.11 Å². The molecule has 0 heterocycles. The number of carboxylic acids is 1. The topological polar surface area (TPSA) is 111 Å². The number of aliphatic carboxylic acids is 1. The van der Waals surface area contributed by atoms with Gasteiger partial charge in [-0.2, -0.15) is 0 Å². The molecule has 0 aliphatic heterocycles. The number of carboxylic acid groups (broad SMARTS) is 1. The molecule has 2 atom stereocenters. The van der Waals surface area contributed by atoms with E-state index in [-0.39, 0.29) is 38.6 Å². The second-order valence-corrected chi connectivity index (χ2v) is 21.6. The van der Waals surface area contributed by atoms with E-state index in [1.165, 1.54) is 205 Å². The Morgan fingerprint density at radius 1 is 0.414 bits per heavy atom. The van der Waals surface area contributed by atoms with E-state index < -0.39 is 24.3 Å². The highest BCUT2D eigenvalue weighted by Gasteiger charge is 2.22. The molecule has 0 bridgehead atoms. The fraction of sp³-hybridized carbons (Fsp3) is 0.885. The molecule has 9 nitrogen and oxygen atoms in total. The van der Waals surface area contributed by atoms with Crippen LogP contribution in [0.3, 0.4) is 0 Å². The number of esters is 2. The molecule has 9 heteroatoms. The predicted molar refractivity (Wildman–Crippen MR) is 293 cm³/mol. The van der Waals surface area contributed by atoms with Crippen molar-refractivity contribution in [2.24, 2.45) is 0 Å². The van der Waals surface area contributed by atoms with E-state index in [1.54, 1.807) is 0 Å². The van der Waals surface area contributed by atoms with Crippen molar-refractivity contribution < 1.29 is 42.9 Å². The number of nitrogens with zero attached hydrogens (tertiary/aromatic N) is 1. The third-order valence-corrected chi connectivity index (χ3v) is 13.4. The SMILES string of the molecule is CCCCCCC/C=C\CCCCCCCC(=O)OCC(COC(OCC[N+](C)(C)C)C(=O)[O-])OC(=O)CCCCCCCCCCCCCCCCCCCCC/C=C\CCCCCCCCCC. The highest BCUT2D eigenvalue weighted by molar-refractivity contribution is 5.70. The quantitative estimate of drug-likeness (QED) is 0.0195. The molecular formula is C61H115NO8. The minimum atomic E-state index is -1.62. The van der Waals surface area contributed by atoms with Crippen LogP contribution in [0.4, 0.5) is 0 Å². The van der Waals surface area contributed by atoms with Gasteiger partial charge in [0.25, 0.3) is 0 Å². The molecule has 0 aliphatic rings. The van der Waals surface area contributed by atoms with Crippen LogP contribution in [0.5, 0.6) is 0 Å². The number of likely N-dealkylation sites (N-methyl/N-ethyl adjacent to an activating group) is 1. The number of hydrogen-bond acceptors (Lipinski definition) is 8. The van der Waals surface area contributed by atoms with Crippen LogP contribution in [0, 0.1) is 0 Å². The minimum absolute atomic E-state index is 0.149. The molecule has 0 N–H and O–H groups in total. The summed E-state index contributed by atoms with van der Waals surface area (Å²) < 4.78 is 22.7. The van der Waals surface area contributed by atoms with Gasteiger partial charge in [-0.1, -0.05) is 237 Å². The van der Waals surface area contributed by atoms with Gasteiger partial charge < -0.3 is 33.3 Å². The lowest BCUT2D eigenvalue weighted by Crippen LogP contribution is -2.44. The van der Waals surface area contributed by atoms with E-state index in [4.69, 9.17) is 18.9 Å². The lowest BCUT2D eigenvalue weighted by molar-refractivity contribution is -0.870. The second kappa shape index (κ2) is 53.1. The summed E-state index contributed by atoms with van der Waals surface area (Å²) in [6.07, 6.45) is 59.6. The summed E-state index contributed by atoms with van der Waals surface area (Å²) in [7, 11) is 5.93. The van der Waals surface area contributed by atoms with Crippen LogP contribution in [0.15, 0.2) is 24.3 Å². The summed E-state index contributed by atoms with van der Waals surface area (Å²) in [6.45, 7) is 4.77. The standard InChI is InChI=1S/C61H115NO8/c1-6-8-10-12-14-16-18-20-22-23-24-25-26-27-28-29-30-31-32-33-34-35-36-37-38-40-42-44-46-48-50-52-59(64)70-57(56-69-61(60(65)66)67-54-53-62(3,4)5)55-68-58(63)51-49-47-45-43-41-39-21-19-17-15-13-11-9-7-2/h19,21,23-24,57,61H,6-18,20,22,25-56H2,1-5H3/b21-19-,24-23-. The normalized spacial score (nSPS) is 12.9. The molecule has 0 aromatic heterocycles. The maximum atomic E-state index is 12.9. The van der Waals surface area contributed by atoms with Gasteiger partial charge >= 0.3 is 11.9 Å². The summed E-state index contributed by atoms with van der Waals surface area (Å²) in [5.74, 6) is -2.28. The summed E-state index contributed by atoms with van der Waals surface area (Å²) in [6, 6.07) is 0. The van der Waals surface area contributed by atoms with Crippen molar-refractivity contribution in [1.29, 1.82) is 0 Å². The van der Waals surface area contributed by atoms with Crippen LogP contribution in [-0.4, -0.2) is 82.3 Å². The van der Waals surface area contributed by atoms with Gasteiger partial charge in [-0.3, -0.25) is 9.59 Å². The Bertz CT molecular complexity index is 1200. The van der Waals surface area contributed by atoms with Crippen molar-refractivity contribution in [3.8, 4) is 0 Å². The zero-order valence-corrected chi connectivity index (χ0v) is 46.9. The molecule has 0 fully saturated rings. The van der Waals surface area contributed by atoms with Crippen molar-refractivity contribution in [1.82, 2.24) is 0 Å². The van der Waals surface area contributed by atoms with E-state index in [0.29, 0.717) is 11.0 Å². The highest BCUT2D eigenvalue weighted by atomic mass is 16.7. The molecule has 412 valence electrons. The molecular weight excluding hydrogens is 875 g/mol. The maximum Gasteiger partial charge on any atom is 0.306 e. The van der Waals surface area contributed by atoms with Crippen LogP contribution in [-0.2, 0) is 33.3 Å². The Morgan fingerprint density at radius 3 is 1.06 bits per heavy atom. The molecule has 0 radical (unpaired) electrons. The monoisotopic (exact) mass is 990 g/mol. The fourth-order valence-corrected chi connectivity index (χ4v) is 8.76. The predicted octanol–water partition coefficient (Wildman–Crippen LogP) is 16.2. The van der Waals surface area contributed by atoms with Crippen molar-refractivity contribution in [3.05, 3.63) is 24.3 Å².